The van der Waals surface area contributed by atoms with E-state index in [0.29, 0.717) is 27.6 Å². The van der Waals surface area contributed by atoms with E-state index in [4.69, 9.17) is 20.8 Å². The first-order valence-electron chi connectivity index (χ1n) is 8.89. The van der Waals surface area contributed by atoms with Crippen LogP contribution in [0.25, 0.3) is 11.0 Å². The second-order valence-electron chi connectivity index (χ2n) is 6.60. The van der Waals surface area contributed by atoms with E-state index < -0.39 is 0 Å². The molecule has 7 heteroatoms. The van der Waals surface area contributed by atoms with E-state index in [-0.39, 0.29) is 12.3 Å². The topological polar surface area (TPSA) is 55.0 Å². The Morgan fingerprint density at radius 2 is 2.11 bits per heavy atom. The number of hydrogen-bond acceptors (Lipinski definition) is 5. The number of ether oxygens (including phenoxy) is 1. The fourth-order valence-electron chi connectivity index (χ4n) is 3.12. The number of halogens is 1. The normalized spacial score (nSPS) is 18.2. The highest BCUT2D eigenvalue weighted by atomic mass is 35.5. The maximum absolute atomic E-state index is 13.0. The van der Waals surface area contributed by atoms with Crippen molar-refractivity contribution in [1.82, 2.24) is 4.90 Å². The highest BCUT2D eigenvalue weighted by Gasteiger charge is 2.31. The minimum Gasteiger partial charge on any atom is -0.497 e. The molecule has 4 rings (SSSR count). The molecule has 5 nitrogen and oxygen atoms in total. The Bertz CT molecular complexity index is 1050. The molecule has 0 unspecified atom stereocenters. The summed E-state index contributed by atoms with van der Waals surface area (Å²) < 4.78 is 10.8. The predicted octanol–water partition coefficient (Wildman–Crippen LogP) is 5.29. The molecule has 2 aromatic carbocycles. The summed E-state index contributed by atoms with van der Waals surface area (Å²) in [5.74, 6) is 0.727. The van der Waals surface area contributed by atoms with Gasteiger partial charge in [-0.3, -0.25) is 9.69 Å². The van der Waals surface area contributed by atoms with Crippen molar-refractivity contribution >= 4 is 51.1 Å². The summed E-state index contributed by atoms with van der Waals surface area (Å²) in [6.45, 7) is 2.73. The van der Waals surface area contributed by atoms with Crippen molar-refractivity contribution in [3.05, 3.63) is 59.3 Å². The Morgan fingerprint density at radius 3 is 2.86 bits per heavy atom. The molecule has 1 atom stereocenters. The molecular formula is C21H19ClN2O3S. The van der Waals surface area contributed by atoms with Crippen LogP contribution in [0.15, 0.2) is 58.1 Å². The number of thioether (sulfide) groups is 1. The zero-order valence-corrected chi connectivity index (χ0v) is 17.1. The van der Waals surface area contributed by atoms with E-state index in [1.165, 1.54) is 0 Å². The van der Waals surface area contributed by atoms with Gasteiger partial charge in [-0.1, -0.05) is 30.3 Å². The Labute approximate surface area is 172 Å². The molecular weight excluding hydrogens is 396 g/mol. The quantitative estimate of drug-likeness (QED) is 0.582. The molecule has 144 valence electrons. The van der Waals surface area contributed by atoms with E-state index in [1.54, 1.807) is 42.2 Å². The Kier molecular flexibility index (Phi) is 5.33. The summed E-state index contributed by atoms with van der Waals surface area (Å²) in [4.78, 5) is 19.4. The lowest BCUT2D eigenvalue weighted by atomic mass is 10.1. The van der Waals surface area contributed by atoms with Gasteiger partial charge in [0.15, 0.2) is 5.17 Å². The molecule has 3 aromatic rings. The summed E-state index contributed by atoms with van der Waals surface area (Å²) in [6, 6.07) is 12.9. The number of carbonyl (C=O) groups excluding carboxylic acids is 1. The van der Waals surface area contributed by atoms with Gasteiger partial charge in [-0.15, -0.1) is 0 Å². The van der Waals surface area contributed by atoms with Crippen LogP contribution in [0.4, 0.5) is 5.69 Å². The van der Waals surface area contributed by atoms with Crippen LogP contribution in [0.2, 0.25) is 5.02 Å². The number of furan rings is 1. The van der Waals surface area contributed by atoms with Gasteiger partial charge in [0.1, 0.15) is 11.3 Å². The van der Waals surface area contributed by atoms with Gasteiger partial charge in [-0.2, -0.15) is 0 Å². The standard InChI is InChI=1S/C21H19ClN2O3S/c1-13-11-24(21(28-13)23-16-5-3-15(22)4-6-16)20(25)9-14-12-27-19-10-17(26-2)7-8-18(14)19/h3-8,10,12-13H,9,11H2,1-2H3/t13-/m1/s1. The average molecular weight is 415 g/mol. The fraction of sp³-hybridized carbons (Fsp3) is 0.238. The number of nitrogens with zero attached hydrogens (tertiary/aromatic N) is 2. The van der Waals surface area contributed by atoms with Crippen molar-refractivity contribution in [3.8, 4) is 5.75 Å². The summed E-state index contributed by atoms with van der Waals surface area (Å²) >= 11 is 7.55. The van der Waals surface area contributed by atoms with Crippen LogP contribution in [-0.4, -0.2) is 34.9 Å². The number of rotatable bonds is 4. The second kappa shape index (κ2) is 7.89. The SMILES string of the molecule is COc1ccc2c(CC(=O)N3C[C@@H](C)SC3=Nc3ccc(Cl)cc3)coc2c1. The number of hydrogen-bond donors (Lipinski definition) is 0. The van der Waals surface area contributed by atoms with Crippen molar-refractivity contribution in [3.63, 3.8) is 0 Å². The number of aliphatic imine (C=N–C) groups is 1. The maximum Gasteiger partial charge on any atom is 0.233 e. The van der Waals surface area contributed by atoms with Gasteiger partial charge >= 0.3 is 0 Å². The van der Waals surface area contributed by atoms with Crippen molar-refractivity contribution in [2.24, 2.45) is 4.99 Å². The zero-order valence-electron chi connectivity index (χ0n) is 15.5. The molecule has 0 bridgehead atoms. The molecule has 28 heavy (non-hydrogen) atoms. The van der Waals surface area contributed by atoms with E-state index in [2.05, 4.69) is 11.9 Å². The third-order valence-electron chi connectivity index (χ3n) is 4.53. The van der Waals surface area contributed by atoms with Gasteiger partial charge in [-0.25, -0.2) is 4.99 Å². The van der Waals surface area contributed by atoms with Crippen molar-refractivity contribution < 1.29 is 13.9 Å². The number of methoxy groups -OCH3 is 1. The van der Waals surface area contributed by atoms with E-state index in [9.17, 15) is 4.79 Å². The molecule has 0 N–H and O–H groups in total. The summed E-state index contributed by atoms with van der Waals surface area (Å²) in [7, 11) is 1.61. The summed E-state index contributed by atoms with van der Waals surface area (Å²) in [5.41, 5.74) is 2.35. The van der Waals surface area contributed by atoms with Crippen LogP contribution in [0.5, 0.6) is 5.75 Å². The molecule has 1 aliphatic rings. The minimum absolute atomic E-state index is 0.00285. The van der Waals surface area contributed by atoms with E-state index in [1.807, 2.05) is 30.3 Å². The van der Waals surface area contributed by atoms with Gasteiger partial charge in [-0.05, 0) is 36.4 Å². The van der Waals surface area contributed by atoms with Crippen LogP contribution in [0.1, 0.15) is 12.5 Å². The van der Waals surface area contributed by atoms with Crippen LogP contribution < -0.4 is 4.74 Å². The number of benzene rings is 2. The first kappa shape index (κ1) is 18.9. The monoisotopic (exact) mass is 414 g/mol. The molecule has 1 fully saturated rings. The molecule has 0 saturated carbocycles. The average Bonchev–Trinajstić information content (AvgIpc) is 3.26. The number of fused-ring (bicyclic) bond motifs is 1. The Hall–Kier alpha value is -2.44. The fourth-order valence-corrected chi connectivity index (χ4v) is 4.29. The molecule has 0 radical (unpaired) electrons. The van der Waals surface area contributed by atoms with Gasteiger partial charge < -0.3 is 9.15 Å². The summed E-state index contributed by atoms with van der Waals surface area (Å²) in [5, 5.41) is 2.59. The minimum atomic E-state index is 0.00285. The molecule has 0 spiro atoms. The van der Waals surface area contributed by atoms with Gasteiger partial charge in [0.2, 0.25) is 5.91 Å². The Balaban J connectivity index is 1.57. The third-order valence-corrected chi connectivity index (χ3v) is 5.86. The number of amidine groups is 1. The van der Waals surface area contributed by atoms with E-state index >= 15 is 0 Å². The van der Waals surface area contributed by atoms with E-state index in [0.717, 1.165) is 22.4 Å². The highest BCUT2D eigenvalue weighted by molar-refractivity contribution is 8.14. The molecule has 0 aliphatic carbocycles. The van der Waals surface area contributed by atoms with Crippen LogP contribution >= 0.6 is 23.4 Å². The Morgan fingerprint density at radius 1 is 1.32 bits per heavy atom. The molecule has 2 heterocycles. The zero-order chi connectivity index (χ0) is 19.7. The number of carbonyl (C=O) groups is 1. The maximum atomic E-state index is 13.0. The molecule has 1 saturated heterocycles. The smallest absolute Gasteiger partial charge is 0.233 e. The van der Waals surface area contributed by atoms with Crippen molar-refractivity contribution in [1.29, 1.82) is 0 Å². The van der Waals surface area contributed by atoms with Gasteiger partial charge in [0.05, 0.1) is 25.5 Å². The number of amides is 1. The van der Waals surface area contributed by atoms with Crippen molar-refractivity contribution in [2.45, 2.75) is 18.6 Å². The molecule has 1 amide bonds. The first-order chi connectivity index (χ1) is 13.5. The molecule has 1 aromatic heterocycles. The van der Waals surface area contributed by atoms with Crippen molar-refractivity contribution in [2.75, 3.05) is 13.7 Å². The molecule has 1 aliphatic heterocycles. The summed E-state index contributed by atoms with van der Waals surface area (Å²) in [6.07, 6.45) is 1.90. The lowest BCUT2D eigenvalue weighted by Crippen LogP contribution is -2.33. The third kappa shape index (κ3) is 3.88. The largest absolute Gasteiger partial charge is 0.497 e. The highest BCUT2D eigenvalue weighted by Crippen LogP contribution is 2.31. The predicted molar refractivity (Wildman–Crippen MR) is 114 cm³/mol. The lowest BCUT2D eigenvalue weighted by Gasteiger charge is -2.15. The lowest BCUT2D eigenvalue weighted by molar-refractivity contribution is -0.126. The first-order valence-corrected chi connectivity index (χ1v) is 10.1. The van der Waals surface area contributed by atoms with Crippen LogP contribution in [0.3, 0.4) is 0 Å². The van der Waals surface area contributed by atoms with Crippen LogP contribution in [-0.2, 0) is 11.2 Å². The van der Waals surface area contributed by atoms with Gasteiger partial charge in [0, 0.05) is 33.8 Å². The second-order valence-corrected chi connectivity index (χ2v) is 8.45. The van der Waals surface area contributed by atoms with Crippen LogP contribution in [0, 0.1) is 0 Å². The van der Waals surface area contributed by atoms with Gasteiger partial charge in [0.25, 0.3) is 0 Å².